The minimum Gasteiger partial charge on any atom is -0.497 e. The summed E-state index contributed by atoms with van der Waals surface area (Å²) in [5.74, 6) is 0.825. The lowest BCUT2D eigenvalue weighted by Gasteiger charge is -2.40. The summed E-state index contributed by atoms with van der Waals surface area (Å²) in [5, 5.41) is 0. The average molecular weight is 368 g/mol. The highest BCUT2D eigenvalue weighted by Crippen LogP contribution is 2.32. The van der Waals surface area contributed by atoms with Gasteiger partial charge in [-0.1, -0.05) is 6.42 Å². The maximum atomic E-state index is 12.3. The summed E-state index contributed by atoms with van der Waals surface area (Å²) in [5.41, 5.74) is 0.997. The molecule has 1 atom stereocenters. The molecule has 1 saturated carbocycles. The Hall–Kier alpha value is -1.18. The maximum Gasteiger partial charge on any atom is 0.211 e. The van der Waals surface area contributed by atoms with E-state index in [1.165, 1.54) is 6.26 Å². The first kappa shape index (κ1) is 18.6. The van der Waals surface area contributed by atoms with Crippen LogP contribution in [-0.4, -0.2) is 61.1 Å². The Balaban J connectivity index is 1.63. The Bertz CT molecular complexity index is 676. The number of aromatic nitrogens is 1. The molecule has 25 heavy (non-hydrogen) atoms. The van der Waals surface area contributed by atoms with Crippen molar-refractivity contribution >= 4 is 10.0 Å². The molecule has 0 radical (unpaired) electrons. The van der Waals surface area contributed by atoms with E-state index in [-0.39, 0.29) is 12.1 Å². The molecule has 2 aliphatic rings. The highest BCUT2D eigenvalue weighted by Gasteiger charge is 2.37. The number of ether oxygens (including phenoxy) is 1. The van der Waals surface area contributed by atoms with Gasteiger partial charge in [-0.25, -0.2) is 8.42 Å². The maximum absolute atomic E-state index is 12.3. The van der Waals surface area contributed by atoms with E-state index in [2.05, 4.69) is 9.88 Å². The largest absolute Gasteiger partial charge is 0.497 e. The number of hydrogen-bond donors (Lipinski definition) is 0. The number of pyridine rings is 1. The molecule has 1 aromatic rings. The molecule has 0 bridgehead atoms. The summed E-state index contributed by atoms with van der Waals surface area (Å²) in [6.45, 7) is 2.67. The Morgan fingerprint density at radius 3 is 2.56 bits per heavy atom. The van der Waals surface area contributed by atoms with Crippen molar-refractivity contribution in [3.63, 3.8) is 0 Å². The standard InChI is InChI=1S/C18H29N3O3S/c1-24-18-8-10-19-15(13-18)14-20-11-4-7-17(9-12-20)21(25(2,22)23)16-5-3-6-16/h8,10,13,16-17H,3-7,9,11-12,14H2,1-2H3/t17-/m0/s1. The molecule has 0 spiro atoms. The Morgan fingerprint density at radius 1 is 1.20 bits per heavy atom. The van der Waals surface area contributed by atoms with Crippen LogP contribution in [0.25, 0.3) is 0 Å². The van der Waals surface area contributed by atoms with Gasteiger partial charge in [-0.05, 0) is 44.7 Å². The topological polar surface area (TPSA) is 62.7 Å². The van der Waals surface area contributed by atoms with Crippen molar-refractivity contribution in [2.75, 3.05) is 26.5 Å². The van der Waals surface area contributed by atoms with Crippen LogP contribution in [0.3, 0.4) is 0 Å². The van der Waals surface area contributed by atoms with Gasteiger partial charge in [0.15, 0.2) is 0 Å². The van der Waals surface area contributed by atoms with E-state index >= 15 is 0 Å². The van der Waals surface area contributed by atoms with Crippen LogP contribution in [0.1, 0.15) is 44.2 Å². The smallest absolute Gasteiger partial charge is 0.211 e. The van der Waals surface area contributed by atoms with Gasteiger partial charge in [0.25, 0.3) is 0 Å². The van der Waals surface area contributed by atoms with Gasteiger partial charge in [0.1, 0.15) is 5.75 Å². The van der Waals surface area contributed by atoms with Crippen molar-refractivity contribution in [3.05, 3.63) is 24.0 Å². The van der Waals surface area contributed by atoms with Crippen LogP contribution in [0.5, 0.6) is 5.75 Å². The molecule has 1 aliphatic carbocycles. The highest BCUT2D eigenvalue weighted by atomic mass is 32.2. The molecule has 0 N–H and O–H groups in total. The molecule has 140 valence electrons. The zero-order valence-corrected chi connectivity index (χ0v) is 16.0. The molecule has 3 rings (SSSR count). The normalized spacial score (nSPS) is 23.2. The molecule has 0 aromatic carbocycles. The first-order valence-electron chi connectivity index (χ1n) is 9.17. The number of likely N-dealkylation sites (tertiary alicyclic amines) is 1. The molecule has 1 aliphatic heterocycles. The van der Waals surface area contributed by atoms with Gasteiger partial charge in [-0.2, -0.15) is 4.31 Å². The minimum absolute atomic E-state index is 0.142. The predicted molar refractivity (Wildman–Crippen MR) is 98.0 cm³/mol. The van der Waals surface area contributed by atoms with Crippen LogP contribution in [0.15, 0.2) is 18.3 Å². The molecule has 2 heterocycles. The van der Waals surface area contributed by atoms with Crippen molar-refractivity contribution in [2.24, 2.45) is 0 Å². The lowest BCUT2D eigenvalue weighted by atomic mass is 9.91. The average Bonchev–Trinajstić information content (AvgIpc) is 2.75. The number of sulfonamides is 1. The van der Waals surface area contributed by atoms with Gasteiger partial charge in [0.2, 0.25) is 10.0 Å². The number of methoxy groups -OCH3 is 1. The lowest BCUT2D eigenvalue weighted by Crippen LogP contribution is -2.49. The second kappa shape index (κ2) is 8.01. The fourth-order valence-corrected chi connectivity index (χ4v) is 5.44. The summed E-state index contributed by atoms with van der Waals surface area (Å²) in [7, 11) is -1.48. The monoisotopic (exact) mass is 367 g/mol. The zero-order chi connectivity index (χ0) is 17.9. The van der Waals surface area contributed by atoms with Gasteiger partial charge < -0.3 is 4.74 Å². The van der Waals surface area contributed by atoms with Crippen molar-refractivity contribution in [2.45, 2.75) is 57.2 Å². The van der Waals surface area contributed by atoms with E-state index in [4.69, 9.17) is 4.74 Å². The third-order valence-corrected chi connectivity index (χ3v) is 6.74. The third-order valence-electron chi connectivity index (χ3n) is 5.38. The van der Waals surface area contributed by atoms with Crippen molar-refractivity contribution < 1.29 is 13.2 Å². The summed E-state index contributed by atoms with van der Waals surface area (Å²) in [6, 6.07) is 4.19. The Labute approximate surface area is 151 Å². The molecular weight excluding hydrogens is 338 g/mol. The second-order valence-corrected chi connectivity index (χ2v) is 9.11. The lowest BCUT2D eigenvalue weighted by molar-refractivity contribution is 0.160. The quantitative estimate of drug-likeness (QED) is 0.772. The second-order valence-electron chi connectivity index (χ2n) is 7.23. The Morgan fingerprint density at radius 2 is 1.92 bits per heavy atom. The fourth-order valence-electron chi connectivity index (χ4n) is 3.93. The fraction of sp³-hybridized carbons (Fsp3) is 0.722. The third kappa shape index (κ3) is 4.71. The van der Waals surface area contributed by atoms with E-state index in [9.17, 15) is 8.42 Å². The van der Waals surface area contributed by atoms with Gasteiger partial charge >= 0.3 is 0 Å². The van der Waals surface area contributed by atoms with E-state index in [1.54, 1.807) is 13.3 Å². The SMILES string of the molecule is COc1ccnc(CN2CCC[C@H](N(C3CCC3)S(C)(=O)=O)CC2)c1. The van der Waals surface area contributed by atoms with Gasteiger partial charge in [-0.3, -0.25) is 9.88 Å². The van der Waals surface area contributed by atoms with E-state index in [1.807, 2.05) is 16.4 Å². The van der Waals surface area contributed by atoms with Crippen LogP contribution in [0.4, 0.5) is 0 Å². The first-order valence-corrected chi connectivity index (χ1v) is 11.0. The summed E-state index contributed by atoms with van der Waals surface area (Å²) in [6.07, 6.45) is 9.19. The summed E-state index contributed by atoms with van der Waals surface area (Å²) < 4.78 is 31.7. The molecule has 7 heteroatoms. The first-order chi connectivity index (χ1) is 12.0. The van der Waals surface area contributed by atoms with Crippen molar-refractivity contribution in [3.8, 4) is 5.75 Å². The molecule has 6 nitrogen and oxygen atoms in total. The van der Waals surface area contributed by atoms with Gasteiger partial charge in [-0.15, -0.1) is 0 Å². The van der Waals surface area contributed by atoms with Gasteiger partial charge in [0.05, 0.1) is 19.1 Å². The van der Waals surface area contributed by atoms with E-state index in [0.29, 0.717) is 0 Å². The zero-order valence-electron chi connectivity index (χ0n) is 15.2. The van der Waals surface area contributed by atoms with Crippen LogP contribution >= 0.6 is 0 Å². The van der Waals surface area contributed by atoms with Gasteiger partial charge in [0, 0.05) is 37.4 Å². The number of nitrogens with zero attached hydrogens (tertiary/aromatic N) is 3. The van der Waals surface area contributed by atoms with E-state index < -0.39 is 10.0 Å². The molecule has 0 amide bonds. The highest BCUT2D eigenvalue weighted by molar-refractivity contribution is 7.88. The van der Waals surface area contributed by atoms with Crippen LogP contribution < -0.4 is 4.74 Å². The number of rotatable bonds is 6. The molecule has 2 fully saturated rings. The summed E-state index contributed by atoms with van der Waals surface area (Å²) in [4.78, 5) is 6.81. The van der Waals surface area contributed by atoms with Crippen LogP contribution in [-0.2, 0) is 16.6 Å². The molecular formula is C18H29N3O3S. The van der Waals surface area contributed by atoms with E-state index in [0.717, 1.165) is 69.6 Å². The van der Waals surface area contributed by atoms with Crippen molar-refractivity contribution in [1.82, 2.24) is 14.2 Å². The van der Waals surface area contributed by atoms with Crippen molar-refractivity contribution in [1.29, 1.82) is 0 Å². The molecule has 1 saturated heterocycles. The number of hydrogen-bond acceptors (Lipinski definition) is 5. The Kier molecular flexibility index (Phi) is 5.96. The molecule has 0 unspecified atom stereocenters. The van der Waals surface area contributed by atoms with Crippen LogP contribution in [0, 0.1) is 0 Å². The predicted octanol–water partition coefficient (Wildman–Crippen LogP) is 2.26. The summed E-state index contributed by atoms with van der Waals surface area (Å²) >= 11 is 0. The molecule has 1 aromatic heterocycles. The minimum atomic E-state index is -3.14. The van der Waals surface area contributed by atoms with Crippen LogP contribution in [0.2, 0.25) is 0 Å².